The van der Waals surface area contributed by atoms with Gasteiger partial charge in [0.25, 0.3) is 0 Å². The highest BCUT2D eigenvalue weighted by Gasteiger charge is 2.32. The van der Waals surface area contributed by atoms with E-state index in [-0.39, 0.29) is 0 Å². The van der Waals surface area contributed by atoms with Gasteiger partial charge < -0.3 is 0 Å². The van der Waals surface area contributed by atoms with Gasteiger partial charge in [-0.15, -0.1) is 0 Å². The molecule has 0 heterocycles. The zero-order valence-corrected chi connectivity index (χ0v) is 8.26. The van der Waals surface area contributed by atoms with Gasteiger partial charge in [-0.1, -0.05) is 24.1 Å². The molecule has 0 spiro atoms. The van der Waals surface area contributed by atoms with Crippen molar-refractivity contribution in [3.8, 4) is 0 Å². The Morgan fingerprint density at radius 2 is 1.92 bits per heavy atom. The highest BCUT2D eigenvalue weighted by molar-refractivity contribution is 5.32. The first-order valence-electron chi connectivity index (χ1n) is 5.81. The lowest BCUT2D eigenvalue weighted by atomic mass is 9.75. The summed E-state index contributed by atoms with van der Waals surface area (Å²) in [5.74, 6) is 2.13. The first-order chi connectivity index (χ1) is 6.43. The monoisotopic (exact) mass is 174 g/mol. The molecule has 2 atom stereocenters. The zero-order chi connectivity index (χ0) is 8.67. The van der Waals surface area contributed by atoms with Crippen LogP contribution in [0.5, 0.6) is 0 Å². The second-order valence-corrected chi connectivity index (χ2v) is 4.93. The minimum atomic E-state index is 1.06. The molecule has 0 heteroatoms. The Labute approximate surface area is 80.7 Å². The van der Waals surface area contributed by atoms with E-state index in [0.717, 1.165) is 11.8 Å². The average molecular weight is 174 g/mol. The molecular weight excluding hydrogens is 156 g/mol. The Morgan fingerprint density at radius 3 is 2.85 bits per heavy atom. The minimum absolute atomic E-state index is 1.06. The third kappa shape index (κ3) is 1.27. The van der Waals surface area contributed by atoms with E-state index in [0.29, 0.717) is 0 Å². The van der Waals surface area contributed by atoms with Crippen molar-refractivity contribution in [2.24, 2.45) is 11.8 Å². The average Bonchev–Trinajstić information content (AvgIpc) is 2.61. The van der Waals surface area contributed by atoms with E-state index in [1.165, 1.54) is 44.9 Å². The number of fused-ring (bicyclic) bond motifs is 1. The van der Waals surface area contributed by atoms with Crippen LogP contribution >= 0.6 is 0 Å². The fourth-order valence-corrected chi connectivity index (χ4v) is 3.46. The molecule has 0 aromatic heterocycles. The molecule has 3 rings (SSSR count). The van der Waals surface area contributed by atoms with Crippen molar-refractivity contribution in [1.82, 2.24) is 0 Å². The minimum Gasteiger partial charge on any atom is -0.0839 e. The Balaban J connectivity index is 1.87. The molecule has 0 aromatic carbocycles. The van der Waals surface area contributed by atoms with E-state index in [2.05, 4.69) is 12.2 Å². The SMILES string of the molecule is C1=CC2=C(CC1)CC1CCCC1C2. The summed E-state index contributed by atoms with van der Waals surface area (Å²) in [5, 5.41) is 0. The Kier molecular flexibility index (Phi) is 1.81. The number of hydrogen-bond acceptors (Lipinski definition) is 0. The number of allylic oxidation sites excluding steroid dienone is 4. The van der Waals surface area contributed by atoms with Crippen LogP contribution in [-0.2, 0) is 0 Å². The molecule has 13 heavy (non-hydrogen) atoms. The summed E-state index contributed by atoms with van der Waals surface area (Å²) in [6.45, 7) is 0. The summed E-state index contributed by atoms with van der Waals surface area (Å²) in [6, 6.07) is 0. The number of rotatable bonds is 0. The van der Waals surface area contributed by atoms with Crippen LogP contribution in [0.1, 0.15) is 44.9 Å². The molecule has 1 saturated carbocycles. The Hall–Kier alpha value is -0.520. The van der Waals surface area contributed by atoms with Crippen LogP contribution in [0.2, 0.25) is 0 Å². The summed E-state index contributed by atoms with van der Waals surface area (Å²) in [7, 11) is 0. The zero-order valence-electron chi connectivity index (χ0n) is 8.26. The van der Waals surface area contributed by atoms with Gasteiger partial charge in [-0.3, -0.25) is 0 Å². The van der Waals surface area contributed by atoms with Crippen LogP contribution in [0.15, 0.2) is 23.3 Å². The molecule has 0 amide bonds. The maximum absolute atomic E-state index is 2.41. The van der Waals surface area contributed by atoms with Crippen molar-refractivity contribution in [2.45, 2.75) is 44.9 Å². The third-order valence-electron chi connectivity index (χ3n) is 4.19. The van der Waals surface area contributed by atoms with Crippen LogP contribution in [-0.4, -0.2) is 0 Å². The standard InChI is InChI=1S/C13H18/c1-2-5-11-9-13-7-3-6-12(13)8-10(11)4-1/h1,4,12-13H,2-3,5-9H2. The van der Waals surface area contributed by atoms with Gasteiger partial charge in [-0.2, -0.15) is 0 Å². The quantitative estimate of drug-likeness (QED) is 0.523. The lowest BCUT2D eigenvalue weighted by Gasteiger charge is -2.30. The summed E-state index contributed by atoms with van der Waals surface area (Å²) in [4.78, 5) is 0. The molecule has 70 valence electrons. The highest BCUT2D eigenvalue weighted by Crippen LogP contribution is 2.46. The van der Waals surface area contributed by atoms with Gasteiger partial charge in [0.05, 0.1) is 0 Å². The maximum Gasteiger partial charge on any atom is -0.0248 e. The normalized spacial score (nSPS) is 37.5. The first-order valence-corrected chi connectivity index (χ1v) is 5.81. The second-order valence-electron chi connectivity index (χ2n) is 4.93. The molecule has 0 saturated heterocycles. The van der Waals surface area contributed by atoms with Crippen LogP contribution < -0.4 is 0 Å². The third-order valence-corrected chi connectivity index (χ3v) is 4.19. The second kappa shape index (κ2) is 3.01. The van der Waals surface area contributed by atoms with Gasteiger partial charge in [0, 0.05) is 0 Å². The molecule has 3 aliphatic carbocycles. The first kappa shape index (κ1) is 7.84. The van der Waals surface area contributed by atoms with Gasteiger partial charge in [-0.05, 0) is 55.9 Å². The van der Waals surface area contributed by atoms with Gasteiger partial charge in [0.2, 0.25) is 0 Å². The van der Waals surface area contributed by atoms with E-state index in [4.69, 9.17) is 0 Å². The highest BCUT2D eigenvalue weighted by atomic mass is 14.4. The van der Waals surface area contributed by atoms with E-state index >= 15 is 0 Å². The molecule has 3 aliphatic rings. The predicted octanol–water partition coefficient (Wildman–Crippen LogP) is 3.84. The van der Waals surface area contributed by atoms with Gasteiger partial charge >= 0.3 is 0 Å². The van der Waals surface area contributed by atoms with Gasteiger partial charge in [0.15, 0.2) is 0 Å². The van der Waals surface area contributed by atoms with Crippen molar-refractivity contribution in [2.75, 3.05) is 0 Å². The van der Waals surface area contributed by atoms with Crippen LogP contribution in [0.4, 0.5) is 0 Å². The van der Waals surface area contributed by atoms with Crippen molar-refractivity contribution in [1.29, 1.82) is 0 Å². The van der Waals surface area contributed by atoms with E-state index < -0.39 is 0 Å². The van der Waals surface area contributed by atoms with Crippen molar-refractivity contribution < 1.29 is 0 Å². The van der Waals surface area contributed by atoms with E-state index in [1.807, 2.05) is 5.57 Å². The lowest BCUT2D eigenvalue weighted by molar-refractivity contribution is 0.356. The molecule has 0 bridgehead atoms. The smallest absolute Gasteiger partial charge is 0.0248 e. The summed E-state index contributed by atoms with van der Waals surface area (Å²) in [6.07, 6.45) is 14.8. The molecular formula is C13H18. The van der Waals surface area contributed by atoms with Crippen LogP contribution in [0, 0.1) is 11.8 Å². The fourth-order valence-electron chi connectivity index (χ4n) is 3.46. The van der Waals surface area contributed by atoms with Crippen LogP contribution in [0.3, 0.4) is 0 Å². The Bertz CT molecular complexity index is 270. The lowest BCUT2D eigenvalue weighted by Crippen LogP contribution is -2.17. The molecule has 0 aliphatic heterocycles. The predicted molar refractivity (Wildman–Crippen MR) is 55.5 cm³/mol. The molecule has 0 N–H and O–H groups in total. The largest absolute Gasteiger partial charge is 0.0839 e. The van der Waals surface area contributed by atoms with Crippen molar-refractivity contribution in [3.05, 3.63) is 23.3 Å². The maximum atomic E-state index is 2.41. The summed E-state index contributed by atoms with van der Waals surface area (Å²) < 4.78 is 0. The molecule has 0 radical (unpaired) electrons. The summed E-state index contributed by atoms with van der Waals surface area (Å²) in [5.41, 5.74) is 3.53. The molecule has 1 fully saturated rings. The molecule has 2 unspecified atom stereocenters. The van der Waals surface area contributed by atoms with E-state index in [9.17, 15) is 0 Å². The molecule has 0 nitrogen and oxygen atoms in total. The van der Waals surface area contributed by atoms with E-state index in [1.54, 1.807) is 5.57 Å². The van der Waals surface area contributed by atoms with Gasteiger partial charge in [-0.25, -0.2) is 0 Å². The Morgan fingerprint density at radius 1 is 1.08 bits per heavy atom. The van der Waals surface area contributed by atoms with Gasteiger partial charge in [0.1, 0.15) is 0 Å². The molecule has 0 aromatic rings. The number of hydrogen-bond donors (Lipinski definition) is 0. The summed E-state index contributed by atoms with van der Waals surface area (Å²) >= 11 is 0. The topological polar surface area (TPSA) is 0 Å². The van der Waals surface area contributed by atoms with Crippen molar-refractivity contribution in [3.63, 3.8) is 0 Å². The van der Waals surface area contributed by atoms with Crippen LogP contribution in [0.25, 0.3) is 0 Å². The fraction of sp³-hybridized carbons (Fsp3) is 0.692. The van der Waals surface area contributed by atoms with Crippen molar-refractivity contribution >= 4 is 0 Å².